The van der Waals surface area contributed by atoms with Crippen LogP contribution in [0.5, 0.6) is 11.5 Å². The zero-order valence-corrected chi connectivity index (χ0v) is 14.6. The van der Waals surface area contributed by atoms with Crippen LogP contribution in [0.1, 0.15) is 0 Å². The predicted octanol–water partition coefficient (Wildman–Crippen LogP) is 3.38. The minimum absolute atomic E-state index is 0.261. The van der Waals surface area contributed by atoms with Crippen molar-refractivity contribution in [3.05, 3.63) is 60.9 Å². The van der Waals surface area contributed by atoms with Gasteiger partial charge in [0.15, 0.2) is 6.73 Å². The first-order chi connectivity index (χ1) is 13.2. The lowest BCUT2D eigenvalue weighted by atomic mass is 10.1. The standard InChI is InChI=1S/C19H18FN5O2/c1-26-17-9-14(27-12-22-8-2-7-21)4-5-15(17)16-11-24-19(25-16)13-3-6-18(20)23-10-13/h2-11,21-22H,12H2,1H3,(H,24,25)/b8-2-,21-7?. The molecule has 0 fully saturated rings. The number of aromatic nitrogens is 3. The number of hydrogen-bond donors (Lipinski definition) is 3. The van der Waals surface area contributed by atoms with Crippen molar-refractivity contribution in [3.63, 3.8) is 0 Å². The van der Waals surface area contributed by atoms with Gasteiger partial charge in [-0.15, -0.1) is 0 Å². The number of halogens is 1. The molecule has 3 rings (SSSR count). The van der Waals surface area contributed by atoms with Gasteiger partial charge in [0.05, 0.1) is 12.8 Å². The summed E-state index contributed by atoms with van der Waals surface area (Å²) in [5, 5.41) is 9.79. The number of hydrogen-bond acceptors (Lipinski definition) is 6. The lowest BCUT2D eigenvalue weighted by Gasteiger charge is -2.10. The molecule has 2 aromatic heterocycles. The van der Waals surface area contributed by atoms with Crippen molar-refractivity contribution >= 4 is 6.21 Å². The summed E-state index contributed by atoms with van der Waals surface area (Å²) < 4.78 is 24.0. The van der Waals surface area contributed by atoms with Crippen molar-refractivity contribution in [2.75, 3.05) is 13.8 Å². The summed E-state index contributed by atoms with van der Waals surface area (Å²) in [5.41, 5.74) is 2.16. The van der Waals surface area contributed by atoms with Gasteiger partial charge < -0.3 is 25.2 Å². The Balaban J connectivity index is 1.77. The molecule has 0 aliphatic heterocycles. The lowest BCUT2D eigenvalue weighted by Crippen LogP contribution is -2.13. The number of allylic oxidation sites excluding steroid dienone is 1. The quantitative estimate of drug-likeness (QED) is 0.245. The molecule has 0 amide bonds. The highest BCUT2D eigenvalue weighted by atomic mass is 19.1. The Kier molecular flexibility index (Phi) is 5.78. The summed E-state index contributed by atoms with van der Waals surface area (Å²) in [6.07, 6.45) is 7.52. The van der Waals surface area contributed by atoms with Gasteiger partial charge in [0.2, 0.25) is 5.95 Å². The third kappa shape index (κ3) is 4.49. The third-order valence-corrected chi connectivity index (χ3v) is 3.66. The monoisotopic (exact) mass is 367 g/mol. The summed E-state index contributed by atoms with van der Waals surface area (Å²) in [7, 11) is 1.57. The van der Waals surface area contributed by atoms with Crippen LogP contribution in [0, 0.1) is 11.4 Å². The maximum Gasteiger partial charge on any atom is 0.212 e. The van der Waals surface area contributed by atoms with Gasteiger partial charge >= 0.3 is 0 Å². The molecular weight excluding hydrogens is 349 g/mol. The summed E-state index contributed by atoms with van der Waals surface area (Å²) in [6, 6.07) is 8.33. The van der Waals surface area contributed by atoms with E-state index in [1.165, 1.54) is 18.5 Å². The summed E-state index contributed by atoms with van der Waals surface area (Å²) in [6.45, 7) is 0.261. The van der Waals surface area contributed by atoms with Crippen molar-refractivity contribution in [2.24, 2.45) is 0 Å². The van der Waals surface area contributed by atoms with Crippen LogP contribution in [0.2, 0.25) is 0 Å². The van der Waals surface area contributed by atoms with Crippen molar-refractivity contribution < 1.29 is 13.9 Å². The van der Waals surface area contributed by atoms with E-state index in [0.717, 1.165) is 5.56 Å². The third-order valence-electron chi connectivity index (χ3n) is 3.66. The van der Waals surface area contributed by atoms with Gasteiger partial charge in [0, 0.05) is 42.0 Å². The fourth-order valence-electron chi connectivity index (χ4n) is 2.39. The Bertz CT molecular complexity index is 938. The van der Waals surface area contributed by atoms with Crippen LogP contribution >= 0.6 is 0 Å². The number of nitrogens with one attached hydrogen (secondary N) is 3. The molecule has 2 heterocycles. The topological polar surface area (TPSA) is 95.9 Å². The van der Waals surface area contributed by atoms with Gasteiger partial charge in [-0.1, -0.05) is 0 Å². The van der Waals surface area contributed by atoms with Crippen molar-refractivity contribution in [1.82, 2.24) is 20.3 Å². The van der Waals surface area contributed by atoms with Crippen LogP contribution in [-0.4, -0.2) is 35.0 Å². The number of aromatic amines is 1. The van der Waals surface area contributed by atoms with E-state index in [4.69, 9.17) is 14.9 Å². The van der Waals surface area contributed by atoms with Crippen molar-refractivity contribution in [3.8, 4) is 34.1 Å². The number of rotatable bonds is 8. The summed E-state index contributed by atoms with van der Waals surface area (Å²) >= 11 is 0. The van der Waals surface area contributed by atoms with Crippen LogP contribution in [-0.2, 0) is 0 Å². The Labute approximate surface area is 155 Å². The molecule has 8 heteroatoms. The van der Waals surface area contributed by atoms with Crippen molar-refractivity contribution in [1.29, 1.82) is 5.41 Å². The van der Waals surface area contributed by atoms with E-state index in [1.807, 2.05) is 12.1 Å². The molecule has 3 aromatic rings. The molecule has 27 heavy (non-hydrogen) atoms. The first kappa shape index (κ1) is 18.1. The van der Waals surface area contributed by atoms with E-state index in [1.54, 1.807) is 37.7 Å². The molecule has 0 aliphatic carbocycles. The lowest BCUT2D eigenvalue weighted by molar-refractivity contribution is 0.300. The van der Waals surface area contributed by atoms with Crippen LogP contribution in [0.15, 0.2) is 55.0 Å². The van der Waals surface area contributed by atoms with E-state index < -0.39 is 5.95 Å². The Morgan fingerprint density at radius 3 is 2.93 bits per heavy atom. The number of ether oxygens (including phenoxy) is 2. The number of imidazole rings is 1. The maximum absolute atomic E-state index is 13.0. The van der Waals surface area contributed by atoms with Crippen LogP contribution in [0.3, 0.4) is 0 Å². The van der Waals surface area contributed by atoms with Gasteiger partial charge in [-0.2, -0.15) is 4.39 Å². The summed E-state index contributed by atoms with van der Waals surface area (Å²) in [5.74, 6) is 1.29. The fourth-order valence-corrected chi connectivity index (χ4v) is 2.39. The van der Waals surface area contributed by atoms with Crippen LogP contribution in [0.4, 0.5) is 4.39 Å². The highest BCUT2D eigenvalue weighted by molar-refractivity contribution is 5.70. The predicted molar refractivity (Wildman–Crippen MR) is 100 cm³/mol. The smallest absolute Gasteiger partial charge is 0.212 e. The second-order valence-electron chi connectivity index (χ2n) is 5.38. The van der Waals surface area contributed by atoms with E-state index in [0.29, 0.717) is 28.6 Å². The molecule has 0 atom stereocenters. The van der Waals surface area contributed by atoms with E-state index in [-0.39, 0.29) is 6.73 Å². The zero-order valence-electron chi connectivity index (χ0n) is 14.6. The molecule has 0 aliphatic rings. The highest BCUT2D eigenvalue weighted by Crippen LogP contribution is 2.33. The molecule has 7 nitrogen and oxygen atoms in total. The van der Waals surface area contributed by atoms with Gasteiger partial charge in [-0.25, -0.2) is 9.97 Å². The Hall–Kier alpha value is -3.68. The molecule has 0 saturated heterocycles. The molecule has 0 unspecified atom stereocenters. The van der Waals surface area contributed by atoms with E-state index >= 15 is 0 Å². The second kappa shape index (κ2) is 8.61. The second-order valence-corrected chi connectivity index (χ2v) is 5.38. The zero-order chi connectivity index (χ0) is 19.1. The summed E-state index contributed by atoms with van der Waals surface area (Å²) in [4.78, 5) is 11.2. The normalized spacial score (nSPS) is 10.7. The average Bonchev–Trinajstić information content (AvgIpc) is 3.18. The largest absolute Gasteiger partial charge is 0.496 e. The molecule has 3 N–H and O–H groups in total. The SMILES string of the molecule is COc1cc(OCN/C=C\C=N)ccc1-c1c[nH]c(-c2ccc(F)nc2)n1. The molecular formula is C19H18FN5O2. The fraction of sp³-hybridized carbons (Fsp3) is 0.105. The first-order valence-electron chi connectivity index (χ1n) is 8.09. The Morgan fingerprint density at radius 1 is 1.30 bits per heavy atom. The number of benzene rings is 1. The van der Waals surface area contributed by atoms with E-state index in [2.05, 4.69) is 20.3 Å². The van der Waals surface area contributed by atoms with E-state index in [9.17, 15) is 4.39 Å². The average molecular weight is 367 g/mol. The number of pyridine rings is 1. The number of nitrogens with zero attached hydrogens (tertiary/aromatic N) is 2. The maximum atomic E-state index is 13.0. The molecule has 138 valence electrons. The van der Waals surface area contributed by atoms with Gasteiger partial charge in [-0.05, 0) is 30.3 Å². The molecule has 0 saturated carbocycles. The van der Waals surface area contributed by atoms with Gasteiger partial charge in [0.25, 0.3) is 0 Å². The first-order valence-corrected chi connectivity index (χ1v) is 8.09. The minimum Gasteiger partial charge on any atom is -0.496 e. The highest BCUT2D eigenvalue weighted by Gasteiger charge is 2.12. The van der Waals surface area contributed by atoms with Crippen LogP contribution in [0.25, 0.3) is 22.6 Å². The molecule has 0 bridgehead atoms. The van der Waals surface area contributed by atoms with Gasteiger partial charge in [0.1, 0.15) is 17.3 Å². The number of methoxy groups -OCH3 is 1. The van der Waals surface area contributed by atoms with Crippen molar-refractivity contribution in [2.45, 2.75) is 0 Å². The Morgan fingerprint density at radius 2 is 2.19 bits per heavy atom. The molecule has 0 radical (unpaired) electrons. The molecule has 1 aromatic carbocycles. The van der Waals surface area contributed by atoms with Gasteiger partial charge in [-0.3, -0.25) is 0 Å². The molecule has 0 spiro atoms. The van der Waals surface area contributed by atoms with Crippen LogP contribution < -0.4 is 14.8 Å². The minimum atomic E-state index is -0.536. The number of H-pyrrole nitrogens is 1.